The average molecular weight is 332 g/mol. The zero-order valence-electron chi connectivity index (χ0n) is 12.5. The number of nitrogens with one attached hydrogen (secondary N) is 1. The number of fused-ring (bicyclic) bond motifs is 1. The molecule has 2 aromatic carbocycles. The smallest absolute Gasteiger partial charge is 0.273 e. The predicted molar refractivity (Wildman–Crippen MR) is 95.6 cm³/mol. The number of H-pyrrole nitrogens is 1. The number of aromatic amines is 1. The van der Waals surface area contributed by atoms with Crippen LogP contribution in [-0.2, 0) is 0 Å². The van der Waals surface area contributed by atoms with E-state index < -0.39 is 0 Å². The summed E-state index contributed by atoms with van der Waals surface area (Å²) >= 11 is 1.37. The fourth-order valence-corrected chi connectivity index (χ4v) is 3.74. The number of benzene rings is 2. The lowest BCUT2D eigenvalue weighted by atomic mass is 10.0. The fourth-order valence-electron chi connectivity index (χ4n) is 2.68. The first-order valence-corrected chi connectivity index (χ1v) is 8.28. The molecule has 0 atom stereocenters. The van der Waals surface area contributed by atoms with Crippen LogP contribution in [0.5, 0.6) is 0 Å². The molecule has 0 radical (unpaired) electrons. The van der Waals surface area contributed by atoms with Gasteiger partial charge in [-0.05, 0) is 5.56 Å². The monoisotopic (exact) mass is 332 g/mol. The summed E-state index contributed by atoms with van der Waals surface area (Å²) in [6, 6.07) is 18.6. The van der Waals surface area contributed by atoms with E-state index in [-0.39, 0.29) is 17.0 Å². The van der Waals surface area contributed by atoms with Gasteiger partial charge in [-0.2, -0.15) is 5.10 Å². The first-order chi connectivity index (χ1) is 11.8. The van der Waals surface area contributed by atoms with Gasteiger partial charge < -0.3 is 0 Å². The van der Waals surface area contributed by atoms with E-state index >= 15 is 0 Å². The molecule has 24 heavy (non-hydrogen) atoms. The van der Waals surface area contributed by atoms with E-state index in [1.807, 2.05) is 41.8 Å². The van der Waals surface area contributed by atoms with Crippen LogP contribution in [0.2, 0.25) is 0 Å². The van der Waals surface area contributed by atoms with E-state index in [1.54, 1.807) is 24.3 Å². The minimum Gasteiger partial charge on any atom is -0.287 e. The molecular formula is C19H12N2O2S. The highest BCUT2D eigenvalue weighted by Gasteiger charge is 2.20. The maximum absolute atomic E-state index is 12.7. The first kappa shape index (κ1) is 14.5. The molecule has 4 nitrogen and oxygen atoms in total. The van der Waals surface area contributed by atoms with Crippen molar-refractivity contribution >= 4 is 27.2 Å². The normalized spacial score (nSPS) is 10.8. The molecule has 2 heterocycles. The highest BCUT2D eigenvalue weighted by molar-refractivity contribution is 7.18. The van der Waals surface area contributed by atoms with Gasteiger partial charge in [0.2, 0.25) is 5.78 Å². The molecule has 0 bridgehead atoms. The van der Waals surface area contributed by atoms with Crippen LogP contribution in [0.4, 0.5) is 0 Å². The third-order valence-corrected chi connectivity index (χ3v) is 4.82. The van der Waals surface area contributed by atoms with Gasteiger partial charge >= 0.3 is 0 Å². The van der Waals surface area contributed by atoms with Crippen LogP contribution < -0.4 is 5.56 Å². The largest absolute Gasteiger partial charge is 0.287 e. The molecule has 5 heteroatoms. The molecule has 0 aliphatic rings. The summed E-state index contributed by atoms with van der Waals surface area (Å²) in [4.78, 5) is 25.1. The number of rotatable bonds is 3. The van der Waals surface area contributed by atoms with Crippen molar-refractivity contribution < 1.29 is 4.79 Å². The van der Waals surface area contributed by atoms with Crippen molar-refractivity contribution in [3.8, 4) is 11.1 Å². The van der Waals surface area contributed by atoms with Gasteiger partial charge in [0.25, 0.3) is 5.56 Å². The van der Waals surface area contributed by atoms with Gasteiger partial charge in [-0.15, -0.1) is 11.3 Å². The number of aromatic nitrogens is 2. The van der Waals surface area contributed by atoms with Gasteiger partial charge in [0, 0.05) is 16.5 Å². The zero-order chi connectivity index (χ0) is 16.5. The Morgan fingerprint density at radius 3 is 2.33 bits per heavy atom. The molecule has 2 aromatic heterocycles. The third kappa shape index (κ3) is 2.35. The Kier molecular flexibility index (Phi) is 3.55. The van der Waals surface area contributed by atoms with Gasteiger partial charge in [0.05, 0.1) is 10.1 Å². The molecule has 116 valence electrons. The number of thiophene rings is 1. The van der Waals surface area contributed by atoms with Crippen molar-refractivity contribution in [2.24, 2.45) is 0 Å². The quantitative estimate of drug-likeness (QED) is 0.579. The highest BCUT2D eigenvalue weighted by Crippen LogP contribution is 2.33. The number of nitrogens with zero attached hydrogens (tertiary/aromatic N) is 1. The van der Waals surface area contributed by atoms with E-state index in [0.29, 0.717) is 15.6 Å². The Morgan fingerprint density at radius 1 is 0.958 bits per heavy atom. The predicted octanol–water partition coefficient (Wildman–Crippen LogP) is 3.88. The summed E-state index contributed by atoms with van der Waals surface area (Å²) in [6.07, 6.45) is 0. The molecule has 0 amide bonds. The molecule has 0 unspecified atom stereocenters. The van der Waals surface area contributed by atoms with Crippen LogP contribution in [0.15, 0.2) is 70.8 Å². The molecule has 4 rings (SSSR count). The van der Waals surface area contributed by atoms with Crippen molar-refractivity contribution in [2.45, 2.75) is 0 Å². The van der Waals surface area contributed by atoms with Crippen LogP contribution in [0.25, 0.3) is 21.2 Å². The van der Waals surface area contributed by atoms with Crippen molar-refractivity contribution in [3.05, 3.63) is 87.7 Å². The Bertz CT molecular complexity index is 1080. The lowest BCUT2D eigenvalue weighted by Crippen LogP contribution is -2.14. The van der Waals surface area contributed by atoms with Crippen LogP contribution >= 0.6 is 11.3 Å². The summed E-state index contributed by atoms with van der Waals surface area (Å²) in [7, 11) is 0. The van der Waals surface area contributed by atoms with Gasteiger partial charge in [-0.3, -0.25) is 9.59 Å². The fraction of sp³-hybridized carbons (Fsp3) is 0. The maximum Gasteiger partial charge on any atom is 0.273 e. The Morgan fingerprint density at radius 2 is 1.62 bits per heavy atom. The lowest BCUT2D eigenvalue weighted by molar-refractivity contribution is 0.103. The van der Waals surface area contributed by atoms with Gasteiger partial charge in [-0.1, -0.05) is 60.7 Å². The van der Waals surface area contributed by atoms with Crippen LogP contribution in [0, 0.1) is 0 Å². The number of carbonyl (C=O) groups is 1. The van der Waals surface area contributed by atoms with Gasteiger partial charge in [0.15, 0.2) is 0 Å². The second-order valence-corrected chi connectivity index (χ2v) is 6.20. The Hall–Kier alpha value is -3.05. The van der Waals surface area contributed by atoms with Crippen LogP contribution in [0.3, 0.4) is 0 Å². The van der Waals surface area contributed by atoms with Crippen LogP contribution in [-0.4, -0.2) is 16.0 Å². The molecule has 0 spiro atoms. The van der Waals surface area contributed by atoms with E-state index in [1.165, 1.54) is 11.3 Å². The van der Waals surface area contributed by atoms with Gasteiger partial charge in [-0.25, -0.2) is 5.10 Å². The third-order valence-electron chi connectivity index (χ3n) is 3.84. The second kappa shape index (κ2) is 5.86. The maximum atomic E-state index is 12.7. The molecule has 0 saturated heterocycles. The molecule has 4 aromatic rings. The van der Waals surface area contributed by atoms with Crippen molar-refractivity contribution in [2.75, 3.05) is 0 Å². The van der Waals surface area contributed by atoms with Crippen molar-refractivity contribution in [1.82, 2.24) is 10.2 Å². The van der Waals surface area contributed by atoms with Crippen LogP contribution in [0.1, 0.15) is 16.1 Å². The molecule has 0 aliphatic carbocycles. The van der Waals surface area contributed by atoms with E-state index in [4.69, 9.17) is 0 Å². The number of hydrogen-bond acceptors (Lipinski definition) is 4. The SMILES string of the molecule is O=C(c1ccccc1)c1n[nH]c(=O)c2c(-c3ccccc3)csc12. The molecule has 0 fully saturated rings. The van der Waals surface area contributed by atoms with E-state index in [0.717, 1.165) is 11.1 Å². The molecule has 0 aliphatic heterocycles. The lowest BCUT2D eigenvalue weighted by Gasteiger charge is -2.02. The van der Waals surface area contributed by atoms with E-state index in [9.17, 15) is 9.59 Å². The highest BCUT2D eigenvalue weighted by atomic mass is 32.1. The Balaban J connectivity index is 1.94. The summed E-state index contributed by atoms with van der Waals surface area (Å²) in [6.45, 7) is 0. The zero-order valence-corrected chi connectivity index (χ0v) is 13.3. The number of hydrogen-bond donors (Lipinski definition) is 1. The topological polar surface area (TPSA) is 62.8 Å². The minimum absolute atomic E-state index is 0.196. The summed E-state index contributed by atoms with van der Waals surface area (Å²) in [5.74, 6) is -0.196. The standard InChI is InChI=1S/C19H12N2O2S/c22-17(13-9-5-2-6-10-13)16-18-15(19(23)21-20-16)14(11-24-18)12-7-3-1-4-8-12/h1-11H,(H,21,23). The summed E-state index contributed by atoms with van der Waals surface area (Å²) in [5.41, 5.74) is 2.31. The van der Waals surface area contributed by atoms with Gasteiger partial charge in [0.1, 0.15) is 5.69 Å². The summed E-state index contributed by atoms with van der Waals surface area (Å²) in [5, 5.41) is 8.90. The number of ketones is 1. The van der Waals surface area contributed by atoms with E-state index in [2.05, 4.69) is 10.2 Å². The average Bonchev–Trinajstić information content (AvgIpc) is 3.09. The number of carbonyl (C=O) groups excluding carboxylic acids is 1. The molecule has 1 N–H and O–H groups in total. The second-order valence-electron chi connectivity index (χ2n) is 5.32. The Labute approximate surface area is 141 Å². The van der Waals surface area contributed by atoms with Crippen molar-refractivity contribution in [1.29, 1.82) is 0 Å². The summed E-state index contributed by atoms with van der Waals surface area (Å²) < 4.78 is 0.617. The van der Waals surface area contributed by atoms with Crippen molar-refractivity contribution in [3.63, 3.8) is 0 Å². The molecular weight excluding hydrogens is 320 g/mol. The minimum atomic E-state index is -0.283. The first-order valence-electron chi connectivity index (χ1n) is 7.41. The molecule has 0 saturated carbocycles.